The molecule has 1 heteroatoms. The first-order chi connectivity index (χ1) is 5.91. The van der Waals surface area contributed by atoms with Crippen molar-refractivity contribution in [2.45, 2.75) is 52.4 Å². The van der Waals surface area contributed by atoms with Crippen molar-refractivity contribution in [3.8, 4) is 0 Å². The summed E-state index contributed by atoms with van der Waals surface area (Å²) in [7, 11) is 1.50. The summed E-state index contributed by atoms with van der Waals surface area (Å²) in [5, 5.41) is 0. The van der Waals surface area contributed by atoms with Crippen molar-refractivity contribution in [2.75, 3.05) is 6.16 Å². The van der Waals surface area contributed by atoms with E-state index in [0.717, 1.165) is 0 Å². The summed E-state index contributed by atoms with van der Waals surface area (Å²) < 4.78 is 0. The normalized spacial score (nSPS) is 12.2. The molecule has 0 bridgehead atoms. The molecule has 0 nitrogen and oxygen atoms in total. The molecule has 0 heterocycles. The molecule has 0 aliphatic rings. The fraction of sp³-hybridized carbons (Fsp3) is 0.818. The largest absolute Gasteiger partial charge is 0.0868 e. The fourth-order valence-corrected chi connectivity index (χ4v) is 1.93. The summed E-state index contributed by atoms with van der Waals surface area (Å²) in [4.78, 5) is 0. The van der Waals surface area contributed by atoms with Gasteiger partial charge in [0, 0.05) is 0 Å². The third-order valence-corrected chi connectivity index (χ3v) is 2.98. The maximum absolute atomic E-state index is 2.27. The molecule has 0 spiro atoms. The van der Waals surface area contributed by atoms with Crippen LogP contribution in [0.2, 0.25) is 0 Å². The summed E-state index contributed by atoms with van der Waals surface area (Å²) in [5.41, 5.74) is 0. The van der Waals surface area contributed by atoms with E-state index in [-0.39, 0.29) is 0 Å². The molecule has 0 amide bonds. The van der Waals surface area contributed by atoms with E-state index in [0.29, 0.717) is 0 Å². The van der Waals surface area contributed by atoms with Gasteiger partial charge in [-0.3, -0.25) is 0 Å². The van der Waals surface area contributed by atoms with Crippen molar-refractivity contribution in [1.29, 1.82) is 0 Å². The van der Waals surface area contributed by atoms with E-state index in [9.17, 15) is 0 Å². The van der Waals surface area contributed by atoms with Crippen molar-refractivity contribution >= 4 is 8.58 Å². The Morgan fingerprint density at radius 2 is 1.67 bits per heavy atom. The first-order valence-corrected chi connectivity index (χ1v) is 6.34. The number of hydrogen-bond acceptors (Lipinski definition) is 0. The lowest BCUT2D eigenvalue weighted by Crippen LogP contribution is -1.79. The second-order valence-corrected chi connectivity index (χ2v) is 4.27. The molecular formula is C11H22P. The predicted molar refractivity (Wildman–Crippen MR) is 60.0 cm³/mol. The van der Waals surface area contributed by atoms with Crippen LogP contribution in [0.5, 0.6) is 0 Å². The lowest BCUT2D eigenvalue weighted by molar-refractivity contribution is 0.626. The number of hydrogen-bond donors (Lipinski definition) is 0. The van der Waals surface area contributed by atoms with Gasteiger partial charge in [-0.05, 0) is 19.5 Å². The van der Waals surface area contributed by atoms with Crippen LogP contribution < -0.4 is 0 Å². The molecule has 12 heavy (non-hydrogen) atoms. The lowest BCUT2D eigenvalue weighted by Gasteiger charge is -1.98. The topological polar surface area (TPSA) is 0 Å². The molecule has 0 aliphatic carbocycles. The highest BCUT2D eigenvalue weighted by molar-refractivity contribution is 7.41. The van der Waals surface area contributed by atoms with Gasteiger partial charge in [0.25, 0.3) is 0 Å². The Labute approximate surface area is 79.6 Å². The van der Waals surface area contributed by atoms with Crippen LogP contribution in [0.15, 0.2) is 11.9 Å². The standard InChI is InChI=1S/C11H22P/c1-3-5-6-7-8-9-11-12-10-4-2/h4,10H,3,5-9,11H2,1-2H3. The fourth-order valence-electron chi connectivity index (χ4n) is 1.16. The number of unbranched alkanes of at least 4 members (excludes halogenated alkanes) is 5. The third-order valence-electron chi connectivity index (χ3n) is 1.90. The second kappa shape index (κ2) is 11.2. The molecule has 1 radical (unpaired) electrons. The third kappa shape index (κ3) is 10.2. The second-order valence-electron chi connectivity index (χ2n) is 3.16. The molecule has 0 fully saturated rings. The Bertz CT molecular complexity index is 97.2. The molecular weight excluding hydrogens is 163 g/mol. The van der Waals surface area contributed by atoms with E-state index < -0.39 is 0 Å². The average Bonchev–Trinajstić information content (AvgIpc) is 2.10. The first-order valence-electron chi connectivity index (χ1n) is 5.19. The van der Waals surface area contributed by atoms with Gasteiger partial charge in [-0.25, -0.2) is 0 Å². The van der Waals surface area contributed by atoms with E-state index in [1.54, 1.807) is 0 Å². The summed E-state index contributed by atoms with van der Waals surface area (Å²) in [6.07, 6.45) is 12.0. The van der Waals surface area contributed by atoms with Crippen LogP contribution in [-0.2, 0) is 0 Å². The maximum atomic E-state index is 2.27. The van der Waals surface area contributed by atoms with Crippen molar-refractivity contribution in [2.24, 2.45) is 0 Å². The summed E-state index contributed by atoms with van der Waals surface area (Å²) in [6.45, 7) is 4.36. The van der Waals surface area contributed by atoms with Gasteiger partial charge < -0.3 is 0 Å². The molecule has 71 valence electrons. The Morgan fingerprint density at radius 3 is 2.33 bits per heavy atom. The zero-order valence-electron chi connectivity index (χ0n) is 8.55. The van der Waals surface area contributed by atoms with Crippen molar-refractivity contribution < 1.29 is 0 Å². The van der Waals surface area contributed by atoms with Crippen LogP contribution in [0, 0.1) is 0 Å². The number of rotatable bonds is 8. The Morgan fingerprint density at radius 1 is 1.00 bits per heavy atom. The predicted octanol–water partition coefficient (Wildman–Crippen LogP) is 4.83. The van der Waals surface area contributed by atoms with Gasteiger partial charge in [0.05, 0.1) is 0 Å². The van der Waals surface area contributed by atoms with E-state index in [1.165, 1.54) is 53.3 Å². The highest BCUT2D eigenvalue weighted by Crippen LogP contribution is 2.15. The summed E-state index contributed by atoms with van der Waals surface area (Å²) in [5.74, 6) is 2.24. The molecule has 0 saturated heterocycles. The maximum Gasteiger partial charge on any atom is -0.0250 e. The van der Waals surface area contributed by atoms with Crippen LogP contribution in [0.1, 0.15) is 52.4 Å². The molecule has 0 saturated carbocycles. The molecule has 0 unspecified atom stereocenters. The van der Waals surface area contributed by atoms with Crippen LogP contribution in [0.25, 0.3) is 0 Å². The van der Waals surface area contributed by atoms with Crippen molar-refractivity contribution in [3.05, 3.63) is 11.9 Å². The molecule has 0 aromatic heterocycles. The van der Waals surface area contributed by atoms with Crippen molar-refractivity contribution in [1.82, 2.24) is 0 Å². The smallest absolute Gasteiger partial charge is 0.0250 e. The lowest BCUT2D eigenvalue weighted by atomic mass is 10.1. The van der Waals surface area contributed by atoms with Gasteiger partial charge in [0.1, 0.15) is 0 Å². The van der Waals surface area contributed by atoms with Gasteiger partial charge in [-0.15, -0.1) is 0 Å². The van der Waals surface area contributed by atoms with Gasteiger partial charge in [0.2, 0.25) is 0 Å². The zero-order chi connectivity index (χ0) is 9.07. The molecule has 0 N–H and O–H groups in total. The molecule has 0 atom stereocenters. The van der Waals surface area contributed by atoms with Gasteiger partial charge >= 0.3 is 0 Å². The zero-order valence-corrected chi connectivity index (χ0v) is 9.45. The van der Waals surface area contributed by atoms with Gasteiger partial charge in [-0.1, -0.05) is 59.5 Å². The van der Waals surface area contributed by atoms with Crippen LogP contribution in [-0.4, -0.2) is 6.16 Å². The van der Waals surface area contributed by atoms with Crippen LogP contribution in [0.3, 0.4) is 0 Å². The van der Waals surface area contributed by atoms with E-state index in [4.69, 9.17) is 0 Å². The molecule has 0 aromatic carbocycles. The monoisotopic (exact) mass is 185 g/mol. The number of allylic oxidation sites excluding steroid dienone is 1. The minimum atomic E-state index is 1.36. The summed E-state index contributed by atoms with van der Waals surface area (Å²) in [6, 6.07) is 0. The van der Waals surface area contributed by atoms with E-state index in [1.807, 2.05) is 0 Å². The van der Waals surface area contributed by atoms with Gasteiger partial charge in [0.15, 0.2) is 0 Å². The SMILES string of the molecule is CC=C[P]CCCCCCCC. The Balaban J connectivity index is 2.81. The summed E-state index contributed by atoms with van der Waals surface area (Å²) >= 11 is 0. The molecule has 0 aromatic rings. The van der Waals surface area contributed by atoms with Crippen LogP contribution in [0.4, 0.5) is 0 Å². The van der Waals surface area contributed by atoms with Crippen LogP contribution >= 0.6 is 8.58 Å². The van der Waals surface area contributed by atoms with E-state index in [2.05, 4.69) is 25.7 Å². The minimum absolute atomic E-state index is 1.36. The van der Waals surface area contributed by atoms with Gasteiger partial charge in [-0.2, -0.15) is 0 Å². The Kier molecular flexibility index (Phi) is 11.3. The minimum Gasteiger partial charge on any atom is -0.0868 e. The highest BCUT2D eigenvalue weighted by Gasteiger charge is 1.88. The van der Waals surface area contributed by atoms with E-state index >= 15 is 0 Å². The Hall–Kier alpha value is 0.170. The average molecular weight is 185 g/mol. The van der Waals surface area contributed by atoms with Crippen molar-refractivity contribution in [3.63, 3.8) is 0 Å². The highest BCUT2D eigenvalue weighted by atomic mass is 31.1. The molecule has 0 rings (SSSR count). The molecule has 0 aliphatic heterocycles. The quantitative estimate of drug-likeness (QED) is 0.375. The first kappa shape index (κ1) is 12.2.